The fourth-order valence-corrected chi connectivity index (χ4v) is 2.89. The Balaban J connectivity index is 1.77. The molecule has 2 rings (SSSR count). The maximum absolute atomic E-state index is 12.1. The van der Waals surface area contributed by atoms with E-state index in [1.807, 2.05) is 45.0 Å². The van der Waals surface area contributed by atoms with Gasteiger partial charge in [0.1, 0.15) is 0 Å². The molecule has 1 heterocycles. The highest BCUT2D eigenvalue weighted by atomic mass is 16.5. The van der Waals surface area contributed by atoms with E-state index in [1.54, 1.807) is 30.0 Å². The van der Waals surface area contributed by atoms with Crippen LogP contribution >= 0.6 is 0 Å². The second-order valence-electron chi connectivity index (χ2n) is 7.14. The molecule has 0 bridgehead atoms. The zero-order valence-electron chi connectivity index (χ0n) is 17.6. The van der Waals surface area contributed by atoms with E-state index in [1.165, 1.54) is 0 Å². The first-order chi connectivity index (χ1) is 13.9. The third-order valence-corrected chi connectivity index (χ3v) is 4.41. The van der Waals surface area contributed by atoms with Crippen molar-refractivity contribution in [3.8, 4) is 11.5 Å². The molecule has 158 valence electrons. The maximum atomic E-state index is 12.1. The lowest BCUT2D eigenvalue weighted by molar-refractivity contribution is 0.230. The van der Waals surface area contributed by atoms with Crippen LogP contribution in [0.2, 0.25) is 0 Å². The second-order valence-corrected chi connectivity index (χ2v) is 7.14. The molecule has 0 saturated carbocycles. The van der Waals surface area contributed by atoms with Crippen molar-refractivity contribution in [2.24, 2.45) is 0 Å². The number of methoxy groups -OCH3 is 1. The largest absolute Gasteiger partial charge is 0.493 e. The highest BCUT2D eigenvalue weighted by Crippen LogP contribution is 2.31. The first-order valence-electron chi connectivity index (χ1n) is 9.95. The summed E-state index contributed by atoms with van der Waals surface area (Å²) < 4.78 is 12.8. The van der Waals surface area contributed by atoms with Crippen molar-refractivity contribution < 1.29 is 14.3 Å². The summed E-state index contributed by atoms with van der Waals surface area (Å²) in [6.07, 6.45) is 3.43. The van der Waals surface area contributed by atoms with Crippen LogP contribution in [0.5, 0.6) is 11.5 Å². The number of amides is 2. The highest BCUT2D eigenvalue weighted by molar-refractivity contribution is 5.74. The number of urea groups is 1. The Morgan fingerprint density at radius 1 is 1.10 bits per heavy atom. The molecule has 2 aromatic rings. The predicted molar refractivity (Wildman–Crippen MR) is 114 cm³/mol. The van der Waals surface area contributed by atoms with Gasteiger partial charge in [0.15, 0.2) is 11.5 Å². The van der Waals surface area contributed by atoms with E-state index >= 15 is 0 Å². The summed E-state index contributed by atoms with van der Waals surface area (Å²) in [7, 11) is 1.60. The molecule has 1 unspecified atom stereocenters. The number of rotatable bonds is 10. The highest BCUT2D eigenvalue weighted by Gasteiger charge is 2.13. The molecule has 2 amide bonds. The SMILES string of the molecule is COc1cc(C(C)NC(=O)NCCCCn2ccccc2=O)ccc1OC(C)C. The van der Waals surface area contributed by atoms with Crippen molar-refractivity contribution >= 4 is 6.03 Å². The maximum Gasteiger partial charge on any atom is 0.315 e. The molecule has 2 N–H and O–H groups in total. The fraction of sp³-hybridized carbons (Fsp3) is 0.455. The van der Waals surface area contributed by atoms with Crippen LogP contribution in [0.4, 0.5) is 4.79 Å². The van der Waals surface area contributed by atoms with E-state index in [0.29, 0.717) is 24.6 Å². The summed E-state index contributed by atoms with van der Waals surface area (Å²) in [6.45, 7) is 7.02. The number of unbranched alkanes of at least 4 members (excludes halogenated alkanes) is 1. The number of ether oxygens (including phenoxy) is 2. The van der Waals surface area contributed by atoms with E-state index in [4.69, 9.17) is 9.47 Å². The van der Waals surface area contributed by atoms with Crippen LogP contribution in [-0.4, -0.2) is 30.4 Å². The van der Waals surface area contributed by atoms with Gasteiger partial charge in [-0.25, -0.2) is 4.79 Å². The Bertz CT molecular complexity index is 848. The Morgan fingerprint density at radius 2 is 1.90 bits per heavy atom. The number of hydrogen-bond acceptors (Lipinski definition) is 4. The molecule has 1 atom stereocenters. The average Bonchev–Trinajstić information content (AvgIpc) is 2.68. The minimum absolute atomic E-state index is 0.00716. The molecule has 29 heavy (non-hydrogen) atoms. The molecule has 7 nitrogen and oxygen atoms in total. The Morgan fingerprint density at radius 3 is 2.59 bits per heavy atom. The van der Waals surface area contributed by atoms with Gasteiger partial charge in [-0.15, -0.1) is 0 Å². The molecular weight excluding hydrogens is 370 g/mol. The summed E-state index contributed by atoms with van der Waals surface area (Å²) in [5, 5.41) is 5.78. The molecular formula is C22H31N3O4. The standard InChI is InChI=1S/C22H31N3O4/c1-16(2)29-19-11-10-18(15-20(19)28-4)17(3)24-22(27)23-12-6-8-14-25-13-7-5-9-21(25)26/h5,7,9-11,13,15-17H,6,8,12,14H2,1-4H3,(H2,23,24,27). The van der Waals surface area contributed by atoms with E-state index < -0.39 is 0 Å². The van der Waals surface area contributed by atoms with Crippen molar-refractivity contribution in [2.45, 2.75) is 52.3 Å². The Hall–Kier alpha value is -2.96. The van der Waals surface area contributed by atoms with Crippen LogP contribution < -0.4 is 25.7 Å². The molecule has 1 aromatic carbocycles. The van der Waals surface area contributed by atoms with Crippen LogP contribution in [0.15, 0.2) is 47.4 Å². The van der Waals surface area contributed by atoms with Crippen molar-refractivity contribution in [2.75, 3.05) is 13.7 Å². The lowest BCUT2D eigenvalue weighted by Gasteiger charge is -2.18. The summed E-state index contributed by atoms with van der Waals surface area (Å²) in [4.78, 5) is 23.8. The van der Waals surface area contributed by atoms with Crippen molar-refractivity contribution in [1.29, 1.82) is 0 Å². The van der Waals surface area contributed by atoms with Crippen LogP contribution in [0, 0.1) is 0 Å². The molecule has 0 spiro atoms. The number of nitrogens with zero attached hydrogens (tertiary/aromatic N) is 1. The van der Waals surface area contributed by atoms with Crippen LogP contribution in [0.1, 0.15) is 45.2 Å². The number of pyridine rings is 1. The third-order valence-electron chi connectivity index (χ3n) is 4.41. The number of hydrogen-bond donors (Lipinski definition) is 2. The molecule has 0 aliphatic carbocycles. The molecule has 0 aliphatic heterocycles. The second kappa shape index (κ2) is 11.1. The van der Waals surface area contributed by atoms with Crippen LogP contribution in [0.25, 0.3) is 0 Å². The number of carbonyl (C=O) groups is 1. The fourth-order valence-electron chi connectivity index (χ4n) is 2.89. The van der Waals surface area contributed by atoms with Crippen LogP contribution in [0.3, 0.4) is 0 Å². The van der Waals surface area contributed by atoms with E-state index in [0.717, 1.165) is 18.4 Å². The molecule has 7 heteroatoms. The van der Waals surface area contributed by atoms with Gasteiger partial charge in [0, 0.05) is 25.4 Å². The Labute approximate surface area is 172 Å². The minimum Gasteiger partial charge on any atom is -0.493 e. The minimum atomic E-state index is -0.226. The smallest absolute Gasteiger partial charge is 0.315 e. The predicted octanol–water partition coefficient (Wildman–Crippen LogP) is 3.48. The van der Waals surface area contributed by atoms with Crippen molar-refractivity contribution in [1.82, 2.24) is 15.2 Å². The van der Waals surface area contributed by atoms with Gasteiger partial charge in [-0.2, -0.15) is 0 Å². The Kier molecular flexibility index (Phi) is 8.58. The average molecular weight is 402 g/mol. The van der Waals surface area contributed by atoms with Gasteiger partial charge in [0.05, 0.1) is 19.3 Å². The summed E-state index contributed by atoms with van der Waals surface area (Å²) >= 11 is 0. The first-order valence-corrected chi connectivity index (χ1v) is 9.95. The van der Waals surface area contributed by atoms with Crippen molar-refractivity contribution in [3.63, 3.8) is 0 Å². The number of aromatic nitrogens is 1. The molecule has 0 saturated heterocycles. The van der Waals surface area contributed by atoms with Gasteiger partial charge in [-0.05, 0) is 57.4 Å². The normalized spacial score (nSPS) is 11.8. The van der Waals surface area contributed by atoms with E-state index in [2.05, 4.69) is 10.6 Å². The topological polar surface area (TPSA) is 81.6 Å². The molecule has 0 fully saturated rings. The van der Waals surface area contributed by atoms with Crippen LogP contribution in [-0.2, 0) is 6.54 Å². The lowest BCUT2D eigenvalue weighted by atomic mass is 10.1. The van der Waals surface area contributed by atoms with Gasteiger partial charge in [0.2, 0.25) is 5.56 Å². The summed E-state index contributed by atoms with van der Waals surface area (Å²) in [5.41, 5.74) is 0.920. The summed E-state index contributed by atoms with van der Waals surface area (Å²) in [6, 6.07) is 10.4. The van der Waals surface area contributed by atoms with Gasteiger partial charge < -0.3 is 24.7 Å². The quantitative estimate of drug-likeness (QED) is 0.597. The lowest BCUT2D eigenvalue weighted by Crippen LogP contribution is -2.37. The number of aryl methyl sites for hydroxylation is 1. The van der Waals surface area contributed by atoms with E-state index in [-0.39, 0.29) is 23.7 Å². The number of benzene rings is 1. The molecule has 0 radical (unpaired) electrons. The monoisotopic (exact) mass is 401 g/mol. The zero-order valence-corrected chi connectivity index (χ0v) is 17.6. The first kappa shape index (κ1) is 22.3. The zero-order chi connectivity index (χ0) is 21.2. The number of nitrogens with one attached hydrogen (secondary N) is 2. The molecule has 0 aliphatic rings. The van der Waals surface area contributed by atoms with Crippen molar-refractivity contribution in [3.05, 3.63) is 58.5 Å². The number of carbonyl (C=O) groups excluding carboxylic acids is 1. The summed E-state index contributed by atoms with van der Waals surface area (Å²) in [5.74, 6) is 1.32. The van der Waals surface area contributed by atoms with E-state index in [9.17, 15) is 9.59 Å². The van der Waals surface area contributed by atoms with Gasteiger partial charge >= 0.3 is 6.03 Å². The van der Waals surface area contributed by atoms with Gasteiger partial charge in [-0.1, -0.05) is 12.1 Å². The molecule has 1 aromatic heterocycles. The van der Waals surface area contributed by atoms with Gasteiger partial charge in [-0.3, -0.25) is 4.79 Å². The van der Waals surface area contributed by atoms with Gasteiger partial charge in [0.25, 0.3) is 0 Å². The third kappa shape index (κ3) is 7.18.